The summed E-state index contributed by atoms with van der Waals surface area (Å²) in [5.74, 6) is 1.39. The van der Waals surface area contributed by atoms with Gasteiger partial charge >= 0.3 is 0 Å². The van der Waals surface area contributed by atoms with Crippen molar-refractivity contribution in [2.24, 2.45) is 0 Å². The fraction of sp³-hybridized carbons (Fsp3) is 0.316. The van der Waals surface area contributed by atoms with Crippen molar-refractivity contribution in [1.82, 2.24) is 0 Å². The molecule has 0 bridgehead atoms. The van der Waals surface area contributed by atoms with Gasteiger partial charge in [0.2, 0.25) is 5.91 Å². The molecule has 10 heteroatoms. The molecule has 1 amide bonds. The second kappa shape index (κ2) is 8.76. The van der Waals surface area contributed by atoms with E-state index in [0.29, 0.717) is 23.6 Å². The Morgan fingerprint density at radius 3 is 2.21 bits per heavy atom. The first-order chi connectivity index (χ1) is 13.6. The van der Waals surface area contributed by atoms with Crippen molar-refractivity contribution < 1.29 is 26.4 Å². The van der Waals surface area contributed by atoms with Crippen LogP contribution in [0.1, 0.15) is 6.42 Å². The molecular weight excluding hydrogens is 434 g/mol. The monoisotopic (exact) mass is 455 g/mol. The van der Waals surface area contributed by atoms with Gasteiger partial charge in [-0.2, -0.15) is 0 Å². The smallest absolute Gasteiger partial charge is 0.234 e. The molecule has 1 N–H and O–H groups in total. The van der Waals surface area contributed by atoms with Gasteiger partial charge in [0.25, 0.3) is 0 Å². The van der Waals surface area contributed by atoms with E-state index in [1.807, 2.05) is 0 Å². The molecule has 29 heavy (non-hydrogen) atoms. The lowest BCUT2D eigenvalue weighted by Gasteiger charge is -2.10. The number of ether oxygens (including phenoxy) is 1. The second-order valence-corrected chi connectivity index (χ2v) is 12.3. The molecular formula is C19H21NO6S3. The highest BCUT2D eigenvalue weighted by Crippen LogP contribution is 2.26. The number of nitrogens with one attached hydrogen (secondary N) is 1. The maximum absolute atomic E-state index is 12.1. The molecule has 0 spiro atoms. The van der Waals surface area contributed by atoms with Gasteiger partial charge in [-0.15, -0.1) is 11.8 Å². The molecule has 0 unspecified atom stereocenters. The Labute approximate surface area is 174 Å². The highest BCUT2D eigenvalue weighted by molar-refractivity contribution is 8.02. The predicted molar refractivity (Wildman–Crippen MR) is 114 cm³/mol. The second-order valence-electron chi connectivity index (χ2n) is 6.75. The van der Waals surface area contributed by atoms with Crippen LogP contribution in [0.5, 0.6) is 11.5 Å². The van der Waals surface area contributed by atoms with Crippen LogP contribution in [0.4, 0.5) is 5.69 Å². The van der Waals surface area contributed by atoms with Crippen LogP contribution in [0.25, 0.3) is 0 Å². The average Bonchev–Trinajstić information content (AvgIpc) is 3.00. The van der Waals surface area contributed by atoms with Gasteiger partial charge in [0, 0.05) is 17.2 Å². The lowest BCUT2D eigenvalue weighted by molar-refractivity contribution is -0.113. The van der Waals surface area contributed by atoms with Gasteiger partial charge in [0.05, 0.1) is 22.2 Å². The molecule has 1 fully saturated rings. The lowest BCUT2D eigenvalue weighted by Crippen LogP contribution is -2.17. The number of carbonyl (C=O) groups is 1. The first kappa shape index (κ1) is 21.7. The van der Waals surface area contributed by atoms with Crippen molar-refractivity contribution in [3.8, 4) is 11.5 Å². The number of benzene rings is 2. The van der Waals surface area contributed by atoms with Gasteiger partial charge in [-0.25, -0.2) is 16.8 Å². The molecule has 1 saturated heterocycles. The van der Waals surface area contributed by atoms with Gasteiger partial charge < -0.3 is 10.1 Å². The molecule has 1 atom stereocenters. The highest BCUT2D eigenvalue weighted by atomic mass is 32.2. The molecule has 3 rings (SSSR count). The molecule has 0 radical (unpaired) electrons. The van der Waals surface area contributed by atoms with Gasteiger partial charge in [0.15, 0.2) is 19.7 Å². The third-order valence-electron chi connectivity index (χ3n) is 4.27. The summed E-state index contributed by atoms with van der Waals surface area (Å²) in [4.78, 5) is 12.3. The van der Waals surface area contributed by atoms with Gasteiger partial charge in [-0.05, 0) is 55.0 Å². The summed E-state index contributed by atoms with van der Waals surface area (Å²) in [6.07, 6.45) is 1.74. The Morgan fingerprint density at radius 1 is 1.10 bits per heavy atom. The maximum Gasteiger partial charge on any atom is 0.234 e. The zero-order valence-electron chi connectivity index (χ0n) is 15.7. The fourth-order valence-electron chi connectivity index (χ4n) is 2.78. The molecule has 0 aromatic heterocycles. The van der Waals surface area contributed by atoms with Crippen molar-refractivity contribution in [3.05, 3.63) is 48.5 Å². The summed E-state index contributed by atoms with van der Waals surface area (Å²) < 4.78 is 51.5. The van der Waals surface area contributed by atoms with Gasteiger partial charge in [-0.1, -0.05) is 0 Å². The molecule has 2 aromatic carbocycles. The molecule has 1 aliphatic rings. The van der Waals surface area contributed by atoms with Gasteiger partial charge in [-0.3, -0.25) is 4.79 Å². The van der Waals surface area contributed by atoms with Crippen LogP contribution in [0.2, 0.25) is 0 Å². The normalized spacial score (nSPS) is 18.3. The minimum atomic E-state index is -3.25. The van der Waals surface area contributed by atoms with Crippen LogP contribution < -0.4 is 10.1 Å². The van der Waals surface area contributed by atoms with E-state index >= 15 is 0 Å². The summed E-state index contributed by atoms with van der Waals surface area (Å²) in [6, 6.07) is 12.9. The van der Waals surface area contributed by atoms with E-state index in [4.69, 9.17) is 4.74 Å². The topological polar surface area (TPSA) is 107 Å². The Hall–Kier alpha value is -2.04. The first-order valence-electron chi connectivity index (χ1n) is 8.81. The molecule has 2 aromatic rings. The Kier molecular flexibility index (Phi) is 6.55. The van der Waals surface area contributed by atoms with E-state index in [1.165, 1.54) is 23.9 Å². The fourth-order valence-corrected chi connectivity index (χ4v) is 6.85. The third-order valence-corrected chi connectivity index (χ3v) is 8.68. The SMILES string of the molecule is CS(=O)(=O)c1ccc(Oc2ccc(NC(=O)CS[C@@H]3CCS(=O)(=O)C3)cc2)cc1. The highest BCUT2D eigenvalue weighted by Gasteiger charge is 2.28. The molecule has 1 heterocycles. The van der Waals surface area contributed by atoms with E-state index in [9.17, 15) is 21.6 Å². The molecule has 7 nitrogen and oxygen atoms in total. The Balaban J connectivity index is 1.50. The molecule has 0 saturated carbocycles. The summed E-state index contributed by atoms with van der Waals surface area (Å²) in [6.45, 7) is 0. The number of anilines is 1. The van der Waals surface area contributed by atoms with Crippen LogP contribution in [-0.2, 0) is 24.5 Å². The van der Waals surface area contributed by atoms with Crippen molar-refractivity contribution >= 4 is 43.0 Å². The number of amides is 1. The van der Waals surface area contributed by atoms with Crippen molar-refractivity contribution in [2.45, 2.75) is 16.6 Å². The molecule has 1 aliphatic heterocycles. The van der Waals surface area contributed by atoms with Crippen LogP contribution in [0.15, 0.2) is 53.4 Å². The maximum atomic E-state index is 12.1. The minimum absolute atomic E-state index is 0.0180. The standard InChI is InChI=1S/C19H21NO6S3/c1-28(22,23)18-8-6-16(7-9-18)26-15-4-2-14(3-5-15)20-19(21)12-27-17-10-11-29(24,25)13-17/h2-9,17H,10-13H2,1H3,(H,20,21)/t17-/m1/s1. The number of carbonyl (C=O) groups excluding carboxylic acids is 1. The Morgan fingerprint density at radius 2 is 1.69 bits per heavy atom. The van der Waals surface area contributed by atoms with Crippen LogP contribution in [0.3, 0.4) is 0 Å². The number of hydrogen-bond acceptors (Lipinski definition) is 7. The molecule has 156 valence electrons. The summed E-state index contributed by atoms with van der Waals surface area (Å²) in [7, 11) is -6.19. The van der Waals surface area contributed by atoms with Gasteiger partial charge in [0.1, 0.15) is 11.5 Å². The summed E-state index contributed by atoms with van der Waals surface area (Å²) in [5.41, 5.74) is 0.606. The third kappa shape index (κ3) is 6.48. The van der Waals surface area contributed by atoms with Crippen molar-refractivity contribution in [2.75, 3.05) is 28.8 Å². The lowest BCUT2D eigenvalue weighted by atomic mass is 10.3. The van der Waals surface area contributed by atoms with E-state index in [-0.39, 0.29) is 33.3 Å². The van der Waals surface area contributed by atoms with Crippen molar-refractivity contribution in [3.63, 3.8) is 0 Å². The van der Waals surface area contributed by atoms with Crippen molar-refractivity contribution in [1.29, 1.82) is 0 Å². The van der Waals surface area contributed by atoms with E-state index < -0.39 is 19.7 Å². The number of rotatable bonds is 7. The largest absolute Gasteiger partial charge is 0.457 e. The Bertz CT molecular complexity index is 1080. The summed E-state index contributed by atoms with van der Waals surface area (Å²) >= 11 is 1.36. The van der Waals surface area contributed by atoms with Crippen LogP contribution in [-0.4, -0.2) is 51.5 Å². The first-order valence-corrected chi connectivity index (χ1v) is 13.6. The average molecular weight is 456 g/mol. The van der Waals surface area contributed by atoms with E-state index in [0.717, 1.165) is 6.26 Å². The van der Waals surface area contributed by atoms with E-state index in [1.54, 1.807) is 36.4 Å². The van der Waals surface area contributed by atoms with Crippen LogP contribution >= 0.6 is 11.8 Å². The summed E-state index contributed by atoms with van der Waals surface area (Å²) in [5, 5.41) is 2.75. The minimum Gasteiger partial charge on any atom is -0.457 e. The molecule has 0 aliphatic carbocycles. The number of thioether (sulfide) groups is 1. The number of sulfone groups is 2. The zero-order chi connectivity index (χ0) is 21.1. The zero-order valence-corrected chi connectivity index (χ0v) is 18.1. The quantitative estimate of drug-likeness (QED) is 0.684. The predicted octanol–water partition coefficient (Wildman–Crippen LogP) is 2.74. The van der Waals surface area contributed by atoms with E-state index in [2.05, 4.69) is 5.32 Å². The van der Waals surface area contributed by atoms with Crippen LogP contribution in [0, 0.1) is 0 Å². The number of hydrogen-bond donors (Lipinski definition) is 1.